The largest absolute Gasteiger partial charge is 0.396 e. The molecule has 0 spiro atoms. The molecule has 21 heteroatoms. The van der Waals surface area contributed by atoms with Crippen molar-refractivity contribution in [2.24, 2.45) is 29.6 Å². The topological polar surface area (TPSA) is 249 Å². The Balaban J connectivity index is 0.000000436. The van der Waals surface area contributed by atoms with E-state index in [9.17, 15) is 0 Å². The Morgan fingerprint density at radius 2 is 0.722 bits per heavy atom. The van der Waals surface area contributed by atoms with Crippen LogP contribution in [0.4, 0.5) is 0 Å². The number of rotatable bonds is 27. The highest BCUT2D eigenvalue weighted by molar-refractivity contribution is 4.93. The second kappa shape index (κ2) is 43.6. The summed E-state index contributed by atoms with van der Waals surface area (Å²) in [6.45, 7) is 55.9. The Kier molecular flexibility index (Phi) is 41.4. The molecule has 8 aliphatic rings. The fraction of sp³-hybridized carbons (Fsp3) is 1.00. The maximum absolute atomic E-state index is 8.97. The maximum atomic E-state index is 8.97. The second-order valence-corrected chi connectivity index (χ2v) is 32.0. The third-order valence-corrected chi connectivity index (χ3v) is 19.0. The van der Waals surface area contributed by atoms with Crippen molar-refractivity contribution in [3.63, 3.8) is 0 Å². The highest BCUT2D eigenvalue weighted by atomic mass is 16.8. The van der Waals surface area contributed by atoms with Crippen molar-refractivity contribution >= 4 is 0 Å². The van der Waals surface area contributed by atoms with Crippen molar-refractivity contribution < 1.29 is 101 Å². The lowest BCUT2D eigenvalue weighted by Crippen LogP contribution is -2.38. The van der Waals surface area contributed by atoms with Gasteiger partial charge in [0.05, 0.1) is 76.8 Å². The first-order chi connectivity index (χ1) is 45.0. The first-order valence-corrected chi connectivity index (χ1v) is 37.8. The predicted octanol–water partition coefficient (Wildman–Crippen LogP) is 14.1. The summed E-state index contributed by atoms with van der Waals surface area (Å²) in [6.07, 6.45) is 17.3. The molecule has 8 fully saturated rings. The van der Waals surface area contributed by atoms with Gasteiger partial charge in [0.15, 0.2) is 46.3 Å². The average molecular weight is 1400 g/mol. The van der Waals surface area contributed by atoms with Gasteiger partial charge >= 0.3 is 0 Å². The minimum absolute atomic E-state index is 0.0103. The molecule has 0 aliphatic carbocycles. The number of aliphatic hydroxyl groups excluding tert-OH is 5. The molecule has 580 valence electrons. The van der Waals surface area contributed by atoms with Crippen LogP contribution in [0.15, 0.2) is 0 Å². The molecule has 16 atom stereocenters. The van der Waals surface area contributed by atoms with E-state index in [1.54, 1.807) is 0 Å². The highest BCUT2D eigenvalue weighted by Crippen LogP contribution is 2.41. The molecule has 0 bridgehead atoms. The minimum Gasteiger partial charge on any atom is -0.396 e. The van der Waals surface area contributed by atoms with E-state index >= 15 is 0 Å². The van der Waals surface area contributed by atoms with Gasteiger partial charge in [-0.25, -0.2) is 0 Å². The van der Waals surface area contributed by atoms with Crippen molar-refractivity contribution in [1.82, 2.24) is 0 Å². The predicted molar refractivity (Wildman–Crippen MR) is 378 cm³/mol. The van der Waals surface area contributed by atoms with Gasteiger partial charge in [0.1, 0.15) is 42.7 Å². The number of hydrogen-bond donors (Lipinski definition) is 5. The van der Waals surface area contributed by atoms with E-state index in [4.69, 9.17) is 101 Å². The Morgan fingerprint density at radius 3 is 1.03 bits per heavy atom. The summed E-state index contributed by atoms with van der Waals surface area (Å²) < 4.78 is 92.9. The molecule has 8 aliphatic heterocycles. The van der Waals surface area contributed by atoms with Gasteiger partial charge in [-0.3, -0.25) is 0 Å². The number of hydrogen-bond acceptors (Lipinski definition) is 21. The van der Waals surface area contributed by atoms with Gasteiger partial charge in [0, 0.05) is 13.2 Å². The molecular weight excluding hydrogens is 1250 g/mol. The van der Waals surface area contributed by atoms with Crippen molar-refractivity contribution in [3.05, 3.63) is 0 Å². The third kappa shape index (κ3) is 36.6. The quantitative estimate of drug-likeness (QED) is 0.0513. The zero-order valence-corrected chi connectivity index (χ0v) is 66.3. The molecule has 8 heterocycles. The first kappa shape index (κ1) is 92.2. The molecular formula is C76H150O21. The molecule has 8 saturated heterocycles. The minimum atomic E-state index is -0.602. The Hall–Kier alpha value is -0.840. The summed E-state index contributed by atoms with van der Waals surface area (Å²) in [5, 5.41) is 43.0. The number of aliphatic hydroxyl groups is 5. The fourth-order valence-electron chi connectivity index (χ4n) is 12.6. The Labute approximate surface area is 590 Å². The third-order valence-electron chi connectivity index (χ3n) is 19.0. The molecule has 21 nitrogen and oxygen atoms in total. The van der Waals surface area contributed by atoms with Crippen LogP contribution in [0.25, 0.3) is 0 Å². The van der Waals surface area contributed by atoms with E-state index in [0.717, 1.165) is 76.2 Å². The normalized spacial score (nSPS) is 31.9. The molecule has 0 saturated carbocycles. The molecule has 97 heavy (non-hydrogen) atoms. The second-order valence-electron chi connectivity index (χ2n) is 32.0. The summed E-state index contributed by atoms with van der Waals surface area (Å²) in [5.41, 5.74) is 0. The van der Waals surface area contributed by atoms with E-state index in [-0.39, 0.29) is 80.0 Å². The van der Waals surface area contributed by atoms with Gasteiger partial charge in [-0.05, 0) is 192 Å². The van der Waals surface area contributed by atoms with Crippen LogP contribution >= 0.6 is 0 Å². The standard InChI is InChI=1S/C28H50O8.C14H30O2.C11H20O4.C7H14O2.C6H12O3.C6H14.C4H10O2/c1-10-18(14-15-20-24(36-28(8,9)32-20)22-17-30-26(4,5)34-22)12-11-13-19-23(35-27(6,7)31-19)21-16-29-25(2,3)33-21;1-4-14(9-8-13(3)11-16)7-5-6-12(2)10-15;1-7-9(15-11(4,5)13-7)8-6-12-10(2,3)14-8;1-4-6-5-8-7(2,3)9-6;1-6(2)8-4-5(3-7)9-6;1-4-6(3)5-2;1-2-4(6)3-5/h18-24H,10-17H2,1-9H3;12-16H,4-11H2,1-3H3;7-9H,6H2,1-5H3;6H,4-5H2,1-3H3;5,7H,3-4H2,1-2H3;6H,4-5H2,1-3H3;4-6H,2-3H2,1H3. The van der Waals surface area contributed by atoms with Crippen LogP contribution in [0.5, 0.6) is 0 Å². The van der Waals surface area contributed by atoms with Crippen LogP contribution in [0.1, 0.15) is 283 Å². The molecule has 0 amide bonds. The number of ether oxygens (including phenoxy) is 16. The van der Waals surface area contributed by atoms with Crippen LogP contribution in [0.3, 0.4) is 0 Å². The van der Waals surface area contributed by atoms with Crippen LogP contribution < -0.4 is 0 Å². The summed E-state index contributed by atoms with van der Waals surface area (Å²) in [4.78, 5) is 0. The van der Waals surface area contributed by atoms with E-state index in [1.165, 1.54) is 38.5 Å². The molecule has 0 aromatic heterocycles. The highest BCUT2D eigenvalue weighted by Gasteiger charge is 2.52. The fourth-order valence-corrected chi connectivity index (χ4v) is 12.6. The van der Waals surface area contributed by atoms with E-state index in [2.05, 4.69) is 55.4 Å². The van der Waals surface area contributed by atoms with Gasteiger partial charge in [0.2, 0.25) is 0 Å². The van der Waals surface area contributed by atoms with Crippen LogP contribution in [-0.4, -0.2) is 205 Å². The summed E-state index contributed by atoms with van der Waals surface area (Å²) >= 11 is 0. The average Bonchev–Trinajstić information content (AvgIpc) is 1.66. The lowest BCUT2D eigenvalue weighted by atomic mass is 9.90. The van der Waals surface area contributed by atoms with Crippen molar-refractivity contribution in [2.75, 3.05) is 59.5 Å². The molecule has 8 rings (SSSR count). The van der Waals surface area contributed by atoms with Crippen molar-refractivity contribution in [1.29, 1.82) is 0 Å². The zero-order valence-electron chi connectivity index (χ0n) is 66.3. The van der Waals surface area contributed by atoms with Crippen LogP contribution in [0, 0.1) is 29.6 Å². The van der Waals surface area contributed by atoms with E-state index in [0.29, 0.717) is 69.9 Å². The summed E-state index contributed by atoms with van der Waals surface area (Å²) in [5.74, 6) is -0.913. The van der Waals surface area contributed by atoms with E-state index < -0.39 is 46.6 Å². The Morgan fingerprint density at radius 1 is 0.340 bits per heavy atom. The maximum Gasteiger partial charge on any atom is 0.163 e. The van der Waals surface area contributed by atoms with Gasteiger partial charge in [0.25, 0.3) is 0 Å². The smallest absolute Gasteiger partial charge is 0.163 e. The van der Waals surface area contributed by atoms with Crippen LogP contribution in [-0.2, 0) is 75.8 Å². The van der Waals surface area contributed by atoms with E-state index in [1.807, 2.05) is 125 Å². The molecule has 0 aromatic rings. The van der Waals surface area contributed by atoms with Gasteiger partial charge < -0.3 is 101 Å². The molecule has 0 aromatic carbocycles. The van der Waals surface area contributed by atoms with Crippen molar-refractivity contribution in [2.45, 2.75) is 402 Å². The summed E-state index contributed by atoms with van der Waals surface area (Å²) in [6, 6.07) is 0. The molecule has 0 radical (unpaired) electrons. The van der Waals surface area contributed by atoms with Gasteiger partial charge in [-0.1, -0.05) is 120 Å². The molecule has 5 N–H and O–H groups in total. The zero-order chi connectivity index (χ0) is 73.8. The Bertz CT molecular complexity index is 1990. The van der Waals surface area contributed by atoms with Gasteiger partial charge in [-0.2, -0.15) is 0 Å². The molecule has 16 unspecified atom stereocenters. The monoisotopic (exact) mass is 1400 g/mol. The summed E-state index contributed by atoms with van der Waals surface area (Å²) in [7, 11) is 0. The SMILES string of the molecule is CC1(C)OCC(CO)O1.CC1OC(C)(C)OC1C1COC(C)(C)O1.CCC(C)CC.CCC(CCCC(C)CO)CCC(C)CO.CCC(CCCC1OC(C)(C)OC1C1COC(C)(C)O1)CCC1OC(C)(C)OC1C1COC(C)(C)O1.CCC(O)CO.CCC1COC(C)(C)O1. The lowest BCUT2D eigenvalue weighted by molar-refractivity contribution is -0.174. The van der Waals surface area contributed by atoms with Crippen molar-refractivity contribution in [3.8, 4) is 0 Å². The lowest BCUT2D eigenvalue weighted by Gasteiger charge is -2.25. The van der Waals surface area contributed by atoms with Gasteiger partial charge in [-0.15, -0.1) is 0 Å². The van der Waals surface area contributed by atoms with Crippen LogP contribution in [0.2, 0.25) is 0 Å². The first-order valence-electron chi connectivity index (χ1n) is 37.8.